The maximum atomic E-state index is 13.4. The lowest BCUT2D eigenvalue weighted by Gasteiger charge is -2.46. The minimum atomic E-state index is -3.94. The second kappa shape index (κ2) is 10.4. The average molecular weight is 593 g/mol. The lowest BCUT2D eigenvalue weighted by molar-refractivity contribution is -0.0692. The van der Waals surface area contributed by atoms with Crippen LogP contribution < -0.4 is 17.0 Å². The maximum absolute atomic E-state index is 13.4. The first kappa shape index (κ1) is 30.4. The molecule has 3 heterocycles. The Hall–Kier alpha value is -2.55. The number of nitrogens with zero attached hydrogens (tertiary/aromatic N) is 3. The van der Waals surface area contributed by atoms with Gasteiger partial charge in [0, 0.05) is 31.6 Å². The van der Waals surface area contributed by atoms with Crippen molar-refractivity contribution in [2.45, 2.75) is 76.4 Å². The van der Waals surface area contributed by atoms with Gasteiger partial charge in [0.1, 0.15) is 17.7 Å². The zero-order valence-electron chi connectivity index (χ0n) is 24.4. The second-order valence-corrected chi connectivity index (χ2v) is 18.7. The van der Waals surface area contributed by atoms with Crippen molar-refractivity contribution in [1.29, 1.82) is 0 Å². The molecule has 0 radical (unpaired) electrons. The third-order valence-corrected chi connectivity index (χ3v) is 14.6. The van der Waals surface area contributed by atoms with Gasteiger partial charge < -0.3 is 19.6 Å². The highest BCUT2D eigenvalue weighted by Crippen LogP contribution is 2.52. The van der Waals surface area contributed by atoms with Crippen molar-refractivity contribution in [1.82, 2.24) is 13.4 Å². The summed E-state index contributed by atoms with van der Waals surface area (Å²) in [6, 6.07) is 9.55. The van der Waals surface area contributed by atoms with Crippen LogP contribution in [0.3, 0.4) is 0 Å². The first-order chi connectivity index (χ1) is 18.4. The third kappa shape index (κ3) is 4.92. The first-order valence-electron chi connectivity index (χ1n) is 13.2. The zero-order chi connectivity index (χ0) is 29.8. The summed E-state index contributed by atoms with van der Waals surface area (Å²) >= 11 is 0. The number of nitrogens with two attached hydrogens (primary N) is 1. The summed E-state index contributed by atoms with van der Waals surface area (Å²) in [6.45, 7) is 12.1. The molecule has 0 bridgehead atoms. The smallest absolute Gasteiger partial charge is 0.332 e. The number of aromatic nitrogens is 2. The van der Waals surface area contributed by atoms with Crippen LogP contribution in [0.4, 0.5) is 0 Å². The van der Waals surface area contributed by atoms with Gasteiger partial charge in [-0.05, 0) is 30.6 Å². The molecule has 0 unspecified atom stereocenters. The van der Waals surface area contributed by atoms with E-state index in [1.165, 1.54) is 29.2 Å². The van der Waals surface area contributed by atoms with E-state index in [4.69, 9.17) is 19.6 Å². The van der Waals surface area contributed by atoms with Crippen LogP contribution in [-0.4, -0.2) is 61.6 Å². The highest BCUT2D eigenvalue weighted by atomic mass is 32.2. The van der Waals surface area contributed by atoms with Gasteiger partial charge >= 0.3 is 5.69 Å². The summed E-state index contributed by atoms with van der Waals surface area (Å²) in [6.07, 6.45) is -1.62. The van der Waals surface area contributed by atoms with Crippen molar-refractivity contribution >= 4 is 18.3 Å². The van der Waals surface area contributed by atoms with Gasteiger partial charge in [0.25, 0.3) is 5.56 Å². The van der Waals surface area contributed by atoms with E-state index in [-0.39, 0.29) is 23.9 Å². The maximum Gasteiger partial charge on any atom is 0.332 e. The Balaban J connectivity index is 1.89. The number of benzene rings is 1. The highest BCUT2D eigenvalue weighted by Gasteiger charge is 2.68. The van der Waals surface area contributed by atoms with Crippen LogP contribution in [0.15, 0.2) is 57.2 Å². The van der Waals surface area contributed by atoms with Gasteiger partial charge in [0.2, 0.25) is 10.0 Å². The molecule has 4 atom stereocenters. The molecule has 4 rings (SSSR count). The Morgan fingerprint density at radius 1 is 1.12 bits per heavy atom. The SMILES string of the molecule is Cc1cn([C@@H]2O[C@H](COCc3ccccc3)[C@]3(C(N)=CS(=O)(=O)N3C)[C@H]2O[Si](C)(C)C(C)(C)C)c(=O)n(C)c1=O. The van der Waals surface area contributed by atoms with E-state index in [0.29, 0.717) is 5.56 Å². The van der Waals surface area contributed by atoms with Gasteiger partial charge in [-0.25, -0.2) is 13.2 Å². The molecule has 0 saturated carbocycles. The summed E-state index contributed by atoms with van der Waals surface area (Å²) in [5, 5.41) is 0.763. The van der Waals surface area contributed by atoms with Gasteiger partial charge in [0.05, 0.1) is 18.6 Å². The van der Waals surface area contributed by atoms with Crippen molar-refractivity contribution in [3.05, 3.63) is 79.6 Å². The van der Waals surface area contributed by atoms with Crippen LogP contribution >= 0.6 is 0 Å². The predicted octanol–water partition coefficient (Wildman–Crippen LogP) is 2.17. The van der Waals surface area contributed by atoms with E-state index in [1.807, 2.05) is 43.4 Å². The van der Waals surface area contributed by atoms with E-state index in [1.54, 1.807) is 6.92 Å². The summed E-state index contributed by atoms with van der Waals surface area (Å²) in [5.41, 5.74) is 5.35. The Bertz CT molecular complexity index is 1530. The van der Waals surface area contributed by atoms with E-state index in [2.05, 4.69) is 20.8 Å². The highest BCUT2D eigenvalue weighted by molar-refractivity contribution is 7.92. The van der Waals surface area contributed by atoms with Crippen molar-refractivity contribution in [2.75, 3.05) is 13.7 Å². The van der Waals surface area contributed by atoms with Crippen LogP contribution in [0.1, 0.15) is 38.1 Å². The Kier molecular flexibility index (Phi) is 7.88. The van der Waals surface area contributed by atoms with Crippen molar-refractivity contribution < 1.29 is 22.3 Å². The Morgan fingerprint density at radius 3 is 2.30 bits per heavy atom. The van der Waals surface area contributed by atoms with Crippen LogP contribution in [0.2, 0.25) is 18.1 Å². The third-order valence-electron chi connectivity index (χ3n) is 8.49. The van der Waals surface area contributed by atoms with Crippen LogP contribution in [0.25, 0.3) is 0 Å². The minimum Gasteiger partial charge on any atom is -0.407 e. The average Bonchev–Trinajstić information content (AvgIpc) is 3.26. The molecule has 2 aliphatic rings. The van der Waals surface area contributed by atoms with Crippen molar-refractivity contribution in [3.63, 3.8) is 0 Å². The summed E-state index contributed by atoms with van der Waals surface area (Å²) in [5.74, 6) is 0. The fraction of sp³-hybridized carbons (Fsp3) is 0.556. The van der Waals surface area contributed by atoms with Crippen LogP contribution in [-0.2, 0) is 37.6 Å². The van der Waals surface area contributed by atoms with E-state index in [0.717, 1.165) is 15.5 Å². The van der Waals surface area contributed by atoms with Crippen LogP contribution in [0.5, 0.6) is 0 Å². The molecule has 1 aromatic heterocycles. The van der Waals surface area contributed by atoms with E-state index >= 15 is 0 Å². The molecule has 220 valence electrons. The molecule has 0 aliphatic carbocycles. The molecule has 40 heavy (non-hydrogen) atoms. The Labute approximate surface area is 236 Å². The lowest BCUT2D eigenvalue weighted by Crippen LogP contribution is -2.64. The number of likely N-dealkylation sites (N-methyl/N-ethyl adjacent to an activating group) is 1. The molecule has 0 amide bonds. The molecule has 2 N–H and O–H groups in total. The Morgan fingerprint density at radius 2 is 1.75 bits per heavy atom. The number of aryl methyl sites for hydroxylation is 1. The van der Waals surface area contributed by atoms with Gasteiger partial charge in [-0.2, -0.15) is 4.31 Å². The fourth-order valence-corrected chi connectivity index (χ4v) is 7.81. The summed E-state index contributed by atoms with van der Waals surface area (Å²) in [4.78, 5) is 26.0. The second-order valence-electron chi connectivity index (χ2n) is 12.1. The molecule has 2 aliphatic heterocycles. The predicted molar refractivity (Wildman–Crippen MR) is 154 cm³/mol. The minimum absolute atomic E-state index is 0.0311. The van der Waals surface area contributed by atoms with Crippen molar-refractivity contribution in [2.24, 2.45) is 12.8 Å². The molecule has 1 saturated heterocycles. The fourth-order valence-electron chi connectivity index (χ4n) is 5.11. The number of hydrogen-bond acceptors (Lipinski definition) is 8. The van der Waals surface area contributed by atoms with Crippen molar-refractivity contribution in [3.8, 4) is 0 Å². The lowest BCUT2D eigenvalue weighted by atomic mass is 9.85. The summed E-state index contributed by atoms with van der Waals surface area (Å²) < 4.78 is 49.6. The molecule has 1 spiro atoms. The van der Waals surface area contributed by atoms with Gasteiger partial charge in [0.15, 0.2) is 14.5 Å². The normalized spacial score (nSPS) is 26.9. The van der Waals surface area contributed by atoms with Gasteiger partial charge in [-0.3, -0.25) is 13.9 Å². The number of rotatable bonds is 7. The molecule has 1 fully saturated rings. The van der Waals surface area contributed by atoms with E-state index < -0.39 is 53.6 Å². The van der Waals surface area contributed by atoms with Gasteiger partial charge in [-0.15, -0.1) is 0 Å². The first-order valence-corrected chi connectivity index (χ1v) is 17.6. The van der Waals surface area contributed by atoms with E-state index in [9.17, 15) is 18.0 Å². The zero-order valence-corrected chi connectivity index (χ0v) is 26.2. The number of ether oxygens (including phenoxy) is 2. The standard InChI is InChI=1S/C27H40N4O7SSi/c1-18-14-31(25(33)29(5)23(18)32)24-22(38-40(7,8)26(2,3)4)27(20(28)17-39(34,35)30(27)6)21(37-24)16-36-15-19-12-10-9-11-13-19/h9-14,17,21-22,24H,15-16,28H2,1-8H3/t21-,22+,24-,27-/m1/s1. The molecule has 13 heteroatoms. The molecular weight excluding hydrogens is 552 g/mol. The topological polar surface area (TPSA) is 135 Å². The molecule has 2 aromatic rings. The van der Waals surface area contributed by atoms with Crippen LogP contribution in [0, 0.1) is 6.92 Å². The van der Waals surface area contributed by atoms with Gasteiger partial charge in [-0.1, -0.05) is 51.1 Å². The molecule has 1 aromatic carbocycles. The number of hydrogen-bond donors (Lipinski definition) is 1. The largest absolute Gasteiger partial charge is 0.407 e. The summed E-state index contributed by atoms with van der Waals surface area (Å²) in [7, 11) is -3.72. The molecular formula is C27H40N4O7SSi. The number of sulfonamides is 1. The monoisotopic (exact) mass is 592 g/mol. The molecule has 11 nitrogen and oxygen atoms in total. The quantitative estimate of drug-likeness (QED) is 0.484.